The van der Waals surface area contributed by atoms with Gasteiger partial charge in [-0.1, -0.05) is 0 Å². The maximum atomic E-state index is 12.1. The maximum absolute atomic E-state index is 12.1. The number of nitrogens with two attached hydrogens (primary N) is 2. The average molecular weight is 295 g/mol. The number of hydrogen-bond donors (Lipinski definition) is 4. The molecule has 0 aromatic heterocycles. The summed E-state index contributed by atoms with van der Waals surface area (Å²) in [6, 6.07) is 3.16. The molecule has 2 amide bonds. The Bertz CT molecular complexity index is 559. The van der Waals surface area contributed by atoms with Crippen LogP contribution in [0.15, 0.2) is 18.2 Å². The van der Waals surface area contributed by atoms with Crippen molar-refractivity contribution >= 4 is 23.5 Å². The average Bonchev–Trinajstić information content (AvgIpc) is 2.42. The fourth-order valence-electron chi connectivity index (χ4n) is 1.68. The number of benzene rings is 1. The van der Waals surface area contributed by atoms with Crippen LogP contribution in [0.3, 0.4) is 0 Å². The molecule has 21 heavy (non-hydrogen) atoms. The molecule has 1 aromatic carbocycles. The molecule has 1 aromatic rings. The lowest BCUT2D eigenvalue weighted by atomic mass is 10.1. The SMILES string of the molecule is COc1cc(N)ccc1C(=O)N[C@H](CCC(N)=O)C(=O)O. The van der Waals surface area contributed by atoms with Gasteiger partial charge < -0.3 is 26.6 Å². The molecule has 0 radical (unpaired) electrons. The van der Waals surface area contributed by atoms with Gasteiger partial charge in [-0.25, -0.2) is 4.79 Å². The molecule has 0 spiro atoms. The van der Waals surface area contributed by atoms with Crippen LogP contribution in [0, 0.1) is 0 Å². The van der Waals surface area contributed by atoms with E-state index < -0.39 is 23.8 Å². The molecular formula is C13H17N3O5. The van der Waals surface area contributed by atoms with Gasteiger partial charge in [0, 0.05) is 18.2 Å². The lowest BCUT2D eigenvalue weighted by Gasteiger charge is -2.15. The van der Waals surface area contributed by atoms with Crippen molar-refractivity contribution in [2.45, 2.75) is 18.9 Å². The van der Waals surface area contributed by atoms with E-state index in [4.69, 9.17) is 21.3 Å². The summed E-state index contributed by atoms with van der Waals surface area (Å²) in [5, 5.41) is 11.3. The Morgan fingerprint density at radius 1 is 1.38 bits per heavy atom. The molecule has 1 rings (SSSR count). The topological polar surface area (TPSA) is 145 Å². The zero-order valence-electron chi connectivity index (χ0n) is 11.5. The van der Waals surface area contributed by atoms with Crippen LogP contribution >= 0.6 is 0 Å². The van der Waals surface area contributed by atoms with Gasteiger partial charge in [-0.05, 0) is 18.6 Å². The van der Waals surface area contributed by atoms with Crippen LogP contribution in [-0.2, 0) is 9.59 Å². The molecule has 0 aliphatic carbocycles. The van der Waals surface area contributed by atoms with Crippen LogP contribution in [0.1, 0.15) is 23.2 Å². The fourth-order valence-corrected chi connectivity index (χ4v) is 1.68. The van der Waals surface area contributed by atoms with E-state index in [1.807, 2.05) is 0 Å². The van der Waals surface area contributed by atoms with Crippen molar-refractivity contribution in [1.29, 1.82) is 0 Å². The third-order valence-corrected chi connectivity index (χ3v) is 2.75. The first-order valence-corrected chi connectivity index (χ1v) is 6.10. The number of rotatable bonds is 7. The Labute approximate surface area is 121 Å². The van der Waals surface area contributed by atoms with Gasteiger partial charge in [-0.3, -0.25) is 9.59 Å². The third kappa shape index (κ3) is 4.68. The van der Waals surface area contributed by atoms with Crippen LogP contribution in [0.5, 0.6) is 5.75 Å². The van der Waals surface area contributed by atoms with Crippen molar-refractivity contribution in [3.8, 4) is 5.75 Å². The van der Waals surface area contributed by atoms with Crippen LogP contribution in [0.25, 0.3) is 0 Å². The summed E-state index contributed by atoms with van der Waals surface area (Å²) in [7, 11) is 1.37. The van der Waals surface area contributed by atoms with E-state index in [1.54, 1.807) is 0 Å². The van der Waals surface area contributed by atoms with E-state index in [0.29, 0.717) is 5.69 Å². The lowest BCUT2D eigenvalue weighted by Crippen LogP contribution is -2.41. The number of carbonyl (C=O) groups is 3. The van der Waals surface area contributed by atoms with E-state index in [-0.39, 0.29) is 24.2 Å². The number of primary amides is 1. The number of carboxylic acid groups (broad SMARTS) is 1. The first-order valence-electron chi connectivity index (χ1n) is 6.10. The van der Waals surface area contributed by atoms with Crippen molar-refractivity contribution in [2.24, 2.45) is 5.73 Å². The molecular weight excluding hydrogens is 278 g/mol. The Hall–Kier alpha value is -2.77. The number of carboxylic acids is 1. The summed E-state index contributed by atoms with van der Waals surface area (Å²) < 4.78 is 5.03. The maximum Gasteiger partial charge on any atom is 0.326 e. The van der Waals surface area contributed by atoms with Crippen LogP contribution in [0.4, 0.5) is 5.69 Å². The Morgan fingerprint density at radius 3 is 2.57 bits per heavy atom. The molecule has 8 heteroatoms. The molecule has 0 saturated carbocycles. The predicted octanol–water partition coefficient (Wildman–Crippen LogP) is -0.274. The standard InChI is InChI=1S/C13H17N3O5/c1-21-10-6-7(14)2-3-8(10)12(18)16-9(13(19)20)4-5-11(15)17/h2-3,6,9H,4-5,14H2,1H3,(H2,15,17)(H,16,18)(H,19,20)/t9-/m1/s1. The molecule has 6 N–H and O–H groups in total. The highest BCUT2D eigenvalue weighted by molar-refractivity contribution is 5.99. The Balaban J connectivity index is 2.86. The second-order valence-corrected chi connectivity index (χ2v) is 4.33. The predicted molar refractivity (Wildman–Crippen MR) is 74.7 cm³/mol. The van der Waals surface area contributed by atoms with E-state index in [9.17, 15) is 14.4 Å². The van der Waals surface area contributed by atoms with Gasteiger partial charge >= 0.3 is 5.97 Å². The number of amides is 2. The van der Waals surface area contributed by atoms with Crippen LogP contribution < -0.4 is 21.5 Å². The number of anilines is 1. The molecule has 114 valence electrons. The van der Waals surface area contributed by atoms with Crippen molar-refractivity contribution in [1.82, 2.24) is 5.32 Å². The van der Waals surface area contributed by atoms with Crippen LogP contribution in [0.2, 0.25) is 0 Å². The quantitative estimate of drug-likeness (QED) is 0.509. The second kappa shape index (κ2) is 7.13. The minimum atomic E-state index is -1.25. The molecule has 0 fully saturated rings. The zero-order chi connectivity index (χ0) is 16.0. The number of methoxy groups -OCH3 is 1. The largest absolute Gasteiger partial charge is 0.496 e. The molecule has 0 heterocycles. The number of hydrogen-bond acceptors (Lipinski definition) is 5. The molecule has 8 nitrogen and oxygen atoms in total. The van der Waals surface area contributed by atoms with Gasteiger partial charge in [0.15, 0.2) is 0 Å². The normalized spacial score (nSPS) is 11.5. The number of carbonyl (C=O) groups excluding carboxylic acids is 2. The first-order chi connectivity index (χ1) is 9.85. The fraction of sp³-hybridized carbons (Fsp3) is 0.308. The summed E-state index contributed by atoms with van der Waals surface area (Å²) in [5.41, 5.74) is 11.1. The minimum Gasteiger partial charge on any atom is -0.496 e. The molecule has 0 bridgehead atoms. The Morgan fingerprint density at radius 2 is 2.05 bits per heavy atom. The van der Waals surface area contributed by atoms with Crippen molar-refractivity contribution in [3.05, 3.63) is 23.8 Å². The molecule has 0 unspecified atom stereocenters. The van der Waals surface area contributed by atoms with Crippen molar-refractivity contribution in [2.75, 3.05) is 12.8 Å². The van der Waals surface area contributed by atoms with E-state index in [0.717, 1.165) is 0 Å². The minimum absolute atomic E-state index is 0.0896. The van der Waals surface area contributed by atoms with Gasteiger partial charge in [-0.2, -0.15) is 0 Å². The van der Waals surface area contributed by atoms with E-state index >= 15 is 0 Å². The van der Waals surface area contributed by atoms with Crippen molar-refractivity contribution < 1.29 is 24.2 Å². The summed E-state index contributed by atoms with van der Waals surface area (Å²) in [6.07, 6.45) is -0.232. The van der Waals surface area contributed by atoms with Crippen LogP contribution in [-0.4, -0.2) is 36.0 Å². The van der Waals surface area contributed by atoms with Crippen molar-refractivity contribution in [3.63, 3.8) is 0 Å². The zero-order valence-corrected chi connectivity index (χ0v) is 11.5. The molecule has 0 aliphatic heterocycles. The van der Waals surface area contributed by atoms with Gasteiger partial charge in [0.1, 0.15) is 11.8 Å². The second-order valence-electron chi connectivity index (χ2n) is 4.33. The smallest absolute Gasteiger partial charge is 0.326 e. The monoisotopic (exact) mass is 295 g/mol. The number of nitrogens with one attached hydrogen (secondary N) is 1. The highest BCUT2D eigenvalue weighted by Crippen LogP contribution is 2.21. The number of ether oxygens (including phenoxy) is 1. The molecule has 0 saturated heterocycles. The summed E-state index contributed by atoms with van der Waals surface area (Å²) >= 11 is 0. The summed E-state index contributed by atoms with van der Waals surface area (Å²) in [4.78, 5) is 33.9. The molecule has 0 aliphatic rings. The first kappa shape index (κ1) is 16.3. The Kier molecular flexibility index (Phi) is 5.53. The number of aliphatic carboxylic acids is 1. The van der Waals surface area contributed by atoms with E-state index in [2.05, 4.69) is 5.32 Å². The summed E-state index contributed by atoms with van der Waals surface area (Å²) in [5.74, 6) is -2.30. The third-order valence-electron chi connectivity index (χ3n) is 2.75. The highest BCUT2D eigenvalue weighted by Gasteiger charge is 2.22. The van der Waals surface area contributed by atoms with Gasteiger partial charge in [0.2, 0.25) is 5.91 Å². The van der Waals surface area contributed by atoms with Gasteiger partial charge in [-0.15, -0.1) is 0 Å². The van der Waals surface area contributed by atoms with Gasteiger partial charge in [0.05, 0.1) is 12.7 Å². The lowest BCUT2D eigenvalue weighted by molar-refractivity contribution is -0.139. The van der Waals surface area contributed by atoms with E-state index in [1.165, 1.54) is 25.3 Å². The molecule has 1 atom stereocenters. The number of nitrogen functional groups attached to an aromatic ring is 1. The highest BCUT2D eigenvalue weighted by atomic mass is 16.5. The summed E-state index contributed by atoms with van der Waals surface area (Å²) in [6.45, 7) is 0. The van der Waals surface area contributed by atoms with Gasteiger partial charge in [0.25, 0.3) is 5.91 Å².